The first-order chi connectivity index (χ1) is 9.97. The molecule has 5 N–H and O–H groups in total. The maximum Gasteiger partial charge on any atom is 0.250 e. The van der Waals surface area contributed by atoms with Crippen molar-refractivity contribution in [3.05, 3.63) is 28.8 Å². The molecule has 1 aromatic carbocycles. The van der Waals surface area contributed by atoms with E-state index in [2.05, 4.69) is 5.32 Å². The lowest BCUT2D eigenvalue weighted by atomic mass is 9.83. The monoisotopic (exact) mass is 345 g/mol. The summed E-state index contributed by atoms with van der Waals surface area (Å²) in [6, 6.07) is 4.75. The quantitative estimate of drug-likeness (QED) is 0.782. The molecule has 2 amide bonds. The maximum absolute atomic E-state index is 12.1. The Hall–Kier alpha value is -1.30. The third kappa shape index (κ3) is 4.87. The molecule has 1 fully saturated rings. The van der Waals surface area contributed by atoms with Crippen LogP contribution in [-0.2, 0) is 4.79 Å². The Morgan fingerprint density at radius 3 is 2.55 bits per heavy atom. The number of carbonyl (C=O) groups is 2. The molecule has 0 heterocycles. The summed E-state index contributed by atoms with van der Waals surface area (Å²) in [6.07, 6.45) is 4.66. The summed E-state index contributed by atoms with van der Waals surface area (Å²) in [5.74, 6) is -0.439. The van der Waals surface area contributed by atoms with Gasteiger partial charge in [0.1, 0.15) is 0 Å². The summed E-state index contributed by atoms with van der Waals surface area (Å²) in [5.41, 5.74) is 12.0. The van der Waals surface area contributed by atoms with Crippen LogP contribution in [0.3, 0.4) is 0 Å². The predicted molar refractivity (Wildman–Crippen MR) is 90.4 cm³/mol. The number of anilines is 1. The molecular weight excluding hydrogens is 325 g/mol. The van der Waals surface area contributed by atoms with Crippen LogP contribution in [0.15, 0.2) is 18.2 Å². The lowest BCUT2D eigenvalue weighted by molar-refractivity contribution is -0.117. The van der Waals surface area contributed by atoms with E-state index in [9.17, 15) is 9.59 Å². The summed E-state index contributed by atoms with van der Waals surface area (Å²) in [6.45, 7) is 0. The fourth-order valence-electron chi connectivity index (χ4n) is 2.73. The molecule has 0 aromatic heterocycles. The zero-order chi connectivity index (χ0) is 15.4. The Morgan fingerprint density at radius 2 is 1.95 bits per heavy atom. The van der Waals surface area contributed by atoms with Crippen LogP contribution in [-0.4, -0.2) is 17.9 Å². The minimum atomic E-state index is -0.592. The molecule has 5 nitrogen and oxygen atoms in total. The number of nitrogens with one attached hydrogen (secondary N) is 1. The minimum absolute atomic E-state index is 0. The van der Waals surface area contributed by atoms with E-state index >= 15 is 0 Å². The van der Waals surface area contributed by atoms with E-state index in [1.807, 2.05) is 0 Å². The first-order valence-electron chi connectivity index (χ1n) is 7.12. The van der Waals surface area contributed by atoms with Gasteiger partial charge in [-0.25, -0.2) is 0 Å². The maximum atomic E-state index is 12.1. The Morgan fingerprint density at radius 1 is 1.27 bits per heavy atom. The highest BCUT2D eigenvalue weighted by atomic mass is 35.5. The summed E-state index contributed by atoms with van der Waals surface area (Å²) in [7, 11) is 0. The van der Waals surface area contributed by atoms with Crippen molar-refractivity contribution >= 4 is 41.5 Å². The normalized spacial score (nSPS) is 20.8. The smallest absolute Gasteiger partial charge is 0.250 e. The SMILES string of the molecule is Cl.NC(=O)c1ccc(NC(=O)CC2CCCCC2N)cc1Cl. The van der Waals surface area contributed by atoms with Gasteiger partial charge in [0, 0.05) is 18.2 Å². The van der Waals surface area contributed by atoms with Crippen LogP contribution >= 0.6 is 24.0 Å². The second kappa shape index (κ2) is 8.36. The van der Waals surface area contributed by atoms with Crippen molar-refractivity contribution in [3.63, 3.8) is 0 Å². The summed E-state index contributed by atoms with van der Waals surface area (Å²) in [5, 5.41) is 3.02. The fraction of sp³-hybridized carbons (Fsp3) is 0.467. The lowest BCUT2D eigenvalue weighted by Gasteiger charge is -2.27. The molecule has 2 unspecified atom stereocenters. The van der Waals surface area contributed by atoms with Gasteiger partial charge in [-0.15, -0.1) is 12.4 Å². The van der Waals surface area contributed by atoms with Gasteiger partial charge in [-0.2, -0.15) is 0 Å². The molecule has 1 saturated carbocycles. The largest absolute Gasteiger partial charge is 0.366 e. The first kappa shape index (κ1) is 18.7. The third-order valence-electron chi connectivity index (χ3n) is 3.93. The molecular formula is C15H21Cl2N3O2. The molecule has 1 aromatic rings. The number of carbonyl (C=O) groups excluding carboxylic acids is 2. The van der Waals surface area contributed by atoms with Crippen LogP contribution in [0.4, 0.5) is 5.69 Å². The zero-order valence-corrected chi connectivity index (χ0v) is 13.8. The van der Waals surface area contributed by atoms with Crippen molar-refractivity contribution in [1.29, 1.82) is 0 Å². The van der Waals surface area contributed by atoms with Gasteiger partial charge in [-0.1, -0.05) is 24.4 Å². The second-order valence-corrected chi connectivity index (χ2v) is 5.93. The number of halogens is 2. The van der Waals surface area contributed by atoms with E-state index in [0.29, 0.717) is 12.1 Å². The number of primary amides is 1. The third-order valence-corrected chi connectivity index (χ3v) is 4.25. The van der Waals surface area contributed by atoms with E-state index in [1.165, 1.54) is 12.1 Å². The highest BCUT2D eigenvalue weighted by Gasteiger charge is 2.24. The molecule has 0 radical (unpaired) electrons. The zero-order valence-electron chi connectivity index (χ0n) is 12.2. The minimum Gasteiger partial charge on any atom is -0.366 e. The van der Waals surface area contributed by atoms with Crippen LogP contribution in [0.25, 0.3) is 0 Å². The number of hydrogen-bond acceptors (Lipinski definition) is 3. The molecule has 7 heteroatoms. The second-order valence-electron chi connectivity index (χ2n) is 5.52. The molecule has 122 valence electrons. The van der Waals surface area contributed by atoms with Gasteiger partial charge in [0.15, 0.2) is 0 Å². The van der Waals surface area contributed by atoms with Crippen LogP contribution in [0.2, 0.25) is 5.02 Å². The van der Waals surface area contributed by atoms with Gasteiger partial charge in [0.25, 0.3) is 0 Å². The van der Waals surface area contributed by atoms with Crippen LogP contribution < -0.4 is 16.8 Å². The Balaban J connectivity index is 0.00000242. The van der Waals surface area contributed by atoms with Gasteiger partial charge in [-0.3, -0.25) is 9.59 Å². The van der Waals surface area contributed by atoms with Crippen molar-refractivity contribution in [3.8, 4) is 0 Å². The Labute approximate surface area is 141 Å². The number of rotatable bonds is 4. The fourth-order valence-corrected chi connectivity index (χ4v) is 3.01. The van der Waals surface area contributed by atoms with Crippen molar-refractivity contribution in [2.24, 2.45) is 17.4 Å². The molecule has 0 spiro atoms. The van der Waals surface area contributed by atoms with Crippen LogP contribution in [0.5, 0.6) is 0 Å². The van der Waals surface area contributed by atoms with E-state index in [4.69, 9.17) is 23.1 Å². The van der Waals surface area contributed by atoms with Crippen molar-refractivity contribution in [2.45, 2.75) is 38.1 Å². The Bertz CT molecular complexity index is 552. The lowest BCUT2D eigenvalue weighted by Crippen LogP contribution is -2.35. The highest BCUT2D eigenvalue weighted by molar-refractivity contribution is 6.34. The predicted octanol–water partition coefficient (Wildman–Crippen LogP) is 2.71. The topological polar surface area (TPSA) is 98.2 Å². The molecule has 2 atom stereocenters. The number of nitrogens with two attached hydrogens (primary N) is 2. The van der Waals surface area contributed by atoms with Gasteiger partial charge < -0.3 is 16.8 Å². The molecule has 2 rings (SSSR count). The van der Waals surface area contributed by atoms with E-state index in [0.717, 1.165) is 25.7 Å². The van der Waals surface area contributed by atoms with E-state index < -0.39 is 5.91 Å². The molecule has 1 aliphatic rings. The van der Waals surface area contributed by atoms with Crippen molar-refractivity contribution in [2.75, 3.05) is 5.32 Å². The highest BCUT2D eigenvalue weighted by Crippen LogP contribution is 2.26. The van der Waals surface area contributed by atoms with E-state index in [-0.39, 0.29) is 40.9 Å². The molecule has 0 bridgehead atoms. The Kier molecular flexibility index (Phi) is 7.13. The number of hydrogen-bond donors (Lipinski definition) is 3. The number of benzene rings is 1. The van der Waals surface area contributed by atoms with Gasteiger partial charge in [-0.05, 0) is 37.0 Å². The van der Waals surface area contributed by atoms with Gasteiger partial charge in [0.2, 0.25) is 11.8 Å². The van der Waals surface area contributed by atoms with Crippen LogP contribution in [0.1, 0.15) is 42.5 Å². The summed E-state index contributed by atoms with van der Waals surface area (Å²) in [4.78, 5) is 23.1. The van der Waals surface area contributed by atoms with Crippen LogP contribution in [0, 0.1) is 5.92 Å². The van der Waals surface area contributed by atoms with Gasteiger partial charge >= 0.3 is 0 Å². The number of amides is 2. The van der Waals surface area contributed by atoms with Gasteiger partial charge in [0.05, 0.1) is 10.6 Å². The standard InChI is InChI=1S/C15H20ClN3O2.ClH/c16-12-8-10(5-6-11(12)15(18)21)19-14(20)7-9-3-1-2-4-13(9)17;/h5-6,8-9,13H,1-4,7,17H2,(H2,18,21)(H,19,20);1H. The summed E-state index contributed by atoms with van der Waals surface area (Å²) >= 11 is 5.95. The first-order valence-corrected chi connectivity index (χ1v) is 7.50. The van der Waals surface area contributed by atoms with E-state index in [1.54, 1.807) is 6.07 Å². The summed E-state index contributed by atoms with van der Waals surface area (Å²) < 4.78 is 0. The molecule has 1 aliphatic carbocycles. The van der Waals surface area contributed by atoms with Crippen molar-refractivity contribution < 1.29 is 9.59 Å². The molecule has 22 heavy (non-hydrogen) atoms. The molecule has 0 saturated heterocycles. The average Bonchev–Trinajstić information content (AvgIpc) is 2.41. The van der Waals surface area contributed by atoms with Crippen molar-refractivity contribution in [1.82, 2.24) is 0 Å². The average molecular weight is 346 g/mol. The molecule has 0 aliphatic heterocycles.